The van der Waals surface area contributed by atoms with E-state index in [1.165, 1.54) is 6.33 Å². The third-order valence-electron chi connectivity index (χ3n) is 3.42. The number of likely N-dealkylation sites (N-methyl/N-ethyl adjacent to an activating group) is 1. The van der Waals surface area contributed by atoms with Crippen LogP contribution in [-0.2, 0) is 6.42 Å². The Morgan fingerprint density at radius 3 is 2.84 bits per heavy atom. The van der Waals surface area contributed by atoms with E-state index in [4.69, 9.17) is 0 Å². The molecule has 1 aliphatic rings. The summed E-state index contributed by atoms with van der Waals surface area (Å²) < 4.78 is 14.3. The van der Waals surface area contributed by atoms with Crippen molar-refractivity contribution in [2.45, 2.75) is 31.9 Å². The summed E-state index contributed by atoms with van der Waals surface area (Å²) in [6, 6.07) is 0.0825. The van der Waals surface area contributed by atoms with Crippen LogP contribution in [0.3, 0.4) is 0 Å². The molecule has 0 radical (unpaired) electrons. The zero-order chi connectivity index (χ0) is 14.0. The molecule has 5 nitrogen and oxygen atoms in total. The molecule has 0 saturated carbocycles. The molecule has 106 valence electrons. The van der Waals surface area contributed by atoms with Crippen LogP contribution in [0.1, 0.15) is 19.0 Å². The van der Waals surface area contributed by atoms with Crippen LogP contribution >= 0.6 is 0 Å². The summed E-state index contributed by atoms with van der Waals surface area (Å²) in [4.78, 5) is 11.9. The van der Waals surface area contributed by atoms with Crippen LogP contribution in [0.15, 0.2) is 6.33 Å². The minimum absolute atomic E-state index is 0.0825. The van der Waals surface area contributed by atoms with Crippen molar-refractivity contribution in [2.24, 2.45) is 0 Å². The number of aromatic nitrogens is 2. The van der Waals surface area contributed by atoms with Crippen molar-refractivity contribution in [3.8, 4) is 0 Å². The summed E-state index contributed by atoms with van der Waals surface area (Å²) in [5.41, 5.74) is 0.426. The van der Waals surface area contributed by atoms with E-state index < -0.39 is 6.10 Å². The van der Waals surface area contributed by atoms with Crippen LogP contribution in [0.4, 0.5) is 10.2 Å². The Morgan fingerprint density at radius 2 is 2.21 bits per heavy atom. The summed E-state index contributed by atoms with van der Waals surface area (Å²) in [7, 11) is 3.94. The van der Waals surface area contributed by atoms with Crippen molar-refractivity contribution in [3.05, 3.63) is 17.8 Å². The number of halogens is 1. The number of aliphatic hydroxyl groups is 1. The van der Waals surface area contributed by atoms with Gasteiger partial charge in [-0.25, -0.2) is 14.4 Å². The van der Waals surface area contributed by atoms with E-state index in [1.54, 1.807) is 0 Å². The van der Waals surface area contributed by atoms with Gasteiger partial charge in [-0.1, -0.05) is 6.92 Å². The highest BCUT2D eigenvalue weighted by atomic mass is 19.1. The van der Waals surface area contributed by atoms with Crippen molar-refractivity contribution in [1.82, 2.24) is 14.9 Å². The van der Waals surface area contributed by atoms with Crippen LogP contribution in [-0.4, -0.2) is 59.3 Å². The lowest BCUT2D eigenvalue weighted by atomic mass is 10.2. The molecule has 6 heteroatoms. The number of anilines is 1. The Bertz CT molecular complexity index is 441. The lowest BCUT2D eigenvalue weighted by molar-refractivity contribution is 0.191. The van der Waals surface area contributed by atoms with E-state index in [0.717, 1.165) is 6.54 Å². The van der Waals surface area contributed by atoms with E-state index in [-0.39, 0.29) is 11.9 Å². The van der Waals surface area contributed by atoms with Gasteiger partial charge in [-0.2, -0.15) is 0 Å². The zero-order valence-corrected chi connectivity index (χ0v) is 11.7. The second-order valence-corrected chi connectivity index (χ2v) is 5.27. The summed E-state index contributed by atoms with van der Waals surface area (Å²) in [6.07, 6.45) is 2.15. The highest BCUT2D eigenvalue weighted by Gasteiger charge is 2.34. The molecule has 1 N–H and O–H groups in total. The number of hydrogen-bond donors (Lipinski definition) is 1. The first-order chi connectivity index (χ1) is 9.02. The first-order valence-corrected chi connectivity index (χ1v) is 6.61. The molecule has 0 bridgehead atoms. The van der Waals surface area contributed by atoms with Gasteiger partial charge < -0.3 is 14.9 Å². The smallest absolute Gasteiger partial charge is 0.187 e. The monoisotopic (exact) mass is 268 g/mol. The van der Waals surface area contributed by atoms with Gasteiger partial charge in [-0.05, 0) is 26.9 Å². The third kappa shape index (κ3) is 3.01. The van der Waals surface area contributed by atoms with Gasteiger partial charge in [-0.3, -0.25) is 0 Å². The fourth-order valence-electron chi connectivity index (χ4n) is 2.59. The van der Waals surface area contributed by atoms with Gasteiger partial charge in [0.2, 0.25) is 0 Å². The second kappa shape index (κ2) is 5.79. The lowest BCUT2D eigenvalue weighted by Gasteiger charge is -2.28. The Balaban J connectivity index is 2.28. The molecule has 0 aliphatic carbocycles. The Kier molecular flexibility index (Phi) is 4.31. The van der Waals surface area contributed by atoms with Crippen molar-refractivity contribution >= 4 is 5.82 Å². The van der Waals surface area contributed by atoms with Gasteiger partial charge in [-0.15, -0.1) is 0 Å². The van der Waals surface area contributed by atoms with Crippen LogP contribution in [0.25, 0.3) is 0 Å². The molecule has 0 aromatic carbocycles. The first kappa shape index (κ1) is 14.1. The number of aryl methyl sites for hydroxylation is 1. The fourth-order valence-corrected chi connectivity index (χ4v) is 2.59. The standard InChI is InChI=1S/C13H21FN4O/c1-4-11-12(14)13(16-8-15-11)18-7-10(19)5-9(18)6-17(2)3/h8-10,19H,4-7H2,1-3H3. The summed E-state index contributed by atoms with van der Waals surface area (Å²) in [6.45, 7) is 3.06. The molecule has 1 fully saturated rings. The summed E-state index contributed by atoms with van der Waals surface area (Å²) in [5.74, 6) is -0.0434. The van der Waals surface area contributed by atoms with Gasteiger partial charge in [0.05, 0.1) is 11.8 Å². The average Bonchev–Trinajstić information content (AvgIpc) is 2.69. The number of hydrogen-bond acceptors (Lipinski definition) is 5. The molecule has 1 aliphatic heterocycles. The van der Waals surface area contributed by atoms with E-state index in [9.17, 15) is 9.50 Å². The van der Waals surface area contributed by atoms with Crippen molar-refractivity contribution in [2.75, 3.05) is 32.1 Å². The predicted octanol–water partition coefficient (Wildman–Crippen LogP) is 0.679. The Morgan fingerprint density at radius 1 is 1.47 bits per heavy atom. The highest BCUT2D eigenvalue weighted by Crippen LogP contribution is 2.27. The first-order valence-electron chi connectivity index (χ1n) is 6.61. The molecule has 2 unspecified atom stereocenters. The molecule has 2 atom stereocenters. The third-order valence-corrected chi connectivity index (χ3v) is 3.42. The maximum Gasteiger partial charge on any atom is 0.187 e. The SMILES string of the molecule is CCc1ncnc(N2CC(O)CC2CN(C)C)c1F. The maximum atomic E-state index is 14.3. The van der Waals surface area contributed by atoms with E-state index >= 15 is 0 Å². The molecule has 1 saturated heterocycles. The van der Waals surface area contributed by atoms with Gasteiger partial charge in [0.1, 0.15) is 6.33 Å². The molecule has 2 heterocycles. The largest absolute Gasteiger partial charge is 0.391 e. The van der Waals surface area contributed by atoms with Crippen molar-refractivity contribution < 1.29 is 9.50 Å². The van der Waals surface area contributed by atoms with Gasteiger partial charge >= 0.3 is 0 Å². The zero-order valence-electron chi connectivity index (χ0n) is 11.7. The number of β-amino-alcohol motifs (C(OH)–C–C–N with tert-alkyl or cyclic N) is 1. The minimum Gasteiger partial charge on any atom is -0.391 e. The molecular weight excluding hydrogens is 247 g/mol. The quantitative estimate of drug-likeness (QED) is 0.870. The van der Waals surface area contributed by atoms with Crippen LogP contribution in [0.2, 0.25) is 0 Å². The lowest BCUT2D eigenvalue weighted by Crippen LogP contribution is -2.38. The van der Waals surface area contributed by atoms with E-state index in [2.05, 4.69) is 9.97 Å². The number of nitrogens with zero attached hydrogens (tertiary/aromatic N) is 4. The fraction of sp³-hybridized carbons (Fsp3) is 0.692. The van der Waals surface area contributed by atoms with E-state index in [1.807, 2.05) is 30.8 Å². The maximum absolute atomic E-state index is 14.3. The topological polar surface area (TPSA) is 52.5 Å². The van der Waals surface area contributed by atoms with Crippen LogP contribution in [0, 0.1) is 5.82 Å². The molecule has 2 rings (SSSR count). The van der Waals surface area contributed by atoms with Gasteiger partial charge in [0.15, 0.2) is 11.6 Å². The van der Waals surface area contributed by atoms with Crippen LogP contribution in [0.5, 0.6) is 0 Å². The molecule has 19 heavy (non-hydrogen) atoms. The molecule has 0 amide bonds. The Hall–Kier alpha value is -1.27. The second-order valence-electron chi connectivity index (χ2n) is 5.27. The molecule has 1 aromatic rings. The number of rotatable bonds is 4. The summed E-state index contributed by atoms with van der Waals surface area (Å²) in [5, 5.41) is 9.84. The molecular formula is C13H21FN4O. The number of aliphatic hydroxyl groups excluding tert-OH is 1. The molecule has 0 spiro atoms. The highest BCUT2D eigenvalue weighted by molar-refractivity contribution is 5.44. The summed E-state index contributed by atoms with van der Waals surface area (Å²) >= 11 is 0. The van der Waals surface area contributed by atoms with Crippen molar-refractivity contribution in [1.29, 1.82) is 0 Å². The minimum atomic E-state index is -0.426. The normalized spacial score (nSPS) is 23.4. The van der Waals surface area contributed by atoms with Crippen molar-refractivity contribution in [3.63, 3.8) is 0 Å². The van der Waals surface area contributed by atoms with Crippen LogP contribution < -0.4 is 4.90 Å². The van der Waals surface area contributed by atoms with Gasteiger partial charge in [0, 0.05) is 19.1 Å². The molecule has 1 aromatic heterocycles. The van der Waals surface area contributed by atoms with E-state index in [0.29, 0.717) is 30.9 Å². The predicted molar refractivity (Wildman–Crippen MR) is 71.7 cm³/mol. The van der Waals surface area contributed by atoms with Gasteiger partial charge in [0.25, 0.3) is 0 Å². The average molecular weight is 268 g/mol. The Labute approximate surface area is 113 Å².